The number of anilines is 1. The standard InChI is InChI=1S/C22H25N3O3S/c1-3-24-11-13-25(14-12-24)22-19-15-17(28-2)9-10-20(19)23-16-21(22)29(26,27)18-7-5-4-6-8-18/h4-10,15-16H,3,11-14H2,1-2H3/p+2. The van der Waals surface area contributed by atoms with E-state index in [1.807, 2.05) is 24.3 Å². The molecule has 0 aliphatic carbocycles. The van der Waals surface area contributed by atoms with Crippen molar-refractivity contribution in [3.8, 4) is 5.75 Å². The summed E-state index contributed by atoms with van der Waals surface area (Å²) >= 11 is 0. The highest BCUT2D eigenvalue weighted by molar-refractivity contribution is 7.91. The Balaban J connectivity index is 1.92. The number of H-pyrrole nitrogens is 1. The van der Waals surface area contributed by atoms with Gasteiger partial charge < -0.3 is 14.5 Å². The van der Waals surface area contributed by atoms with Crippen molar-refractivity contribution in [3.05, 3.63) is 54.7 Å². The second-order valence-electron chi connectivity index (χ2n) is 7.32. The average molecular weight is 414 g/mol. The molecule has 152 valence electrons. The summed E-state index contributed by atoms with van der Waals surface area (Å²) in [6, 6.07) is 14.4. The van der Waals surface area contributed by atoms with Gasteiger partial charge in [0.1, 0.15) is 5.75 Å². The zero-order chi connectivity index (χ0) is 20.4. The van der Waals surface area contributed by atoms with Gasteiger partial charge in [0.15, 0.2) is 11.1 Å². The lowest BCUT2D eigenvalue weighted by Gasteiger charge is -2.34. The number of aromatic nitrogens is 1. The summed E-state index contributed by atoms with van der Waals surface area (Å²) in [4.78, 5) is 7.54. The van der Waals surface area contributed by atoms with Crippen molar-refractivity contribution in [2.24, 2.45) is 0 Å². The molecule has 0 bridgehead atoms. The summed E-state index contributed by atoms with van der Waals surface area (Å²) < 4.78 is 32.5. The number of fused-ring (bicyclic) bond motifs is 1. The van der Waals surface area contributed by atoms with Gasteiger partial charge in [-0.05, 0) is 31.2 Å². The molecular weight excluding hydrogens is 386 g/mol. The molecule has 29 heavy (non-hydrogen) atoms. The maximum atomic E-state index is 13.5. The van der Waals surface area contributed by atoms with Crippen molar-refractivity contribution in [2.75, 3.05) is 44.7 Å². The third-order valence-corrected chi connectivity index (χ3v) is 7.49. The number of pyridine rings is 1. The number of methoxy groups -OCH3 is 1. The first-order chi connectivity index (χ1) is 14.0. The molecule has 1 saturated heterocycles. The van der Waals surface area contributed by atoms with Crippen LogP contribution in [0, 0.1) is 0 Å². The minimum atomic E-state index is -3.67. The number of nitrogens with one attached hydrogen (secondary N) is 2. The van der Waals surface area contributed by atoms with E-state index < -0.39 is 9.84 Å². The molecule has 1 aliphatic heterocycles. The van der Waals surface area contributed by atoms with Gasteiger partial charge in [0.05, 0.1) is 55.8 Å². The van der Waals surface area contributed by atoms with Crippen LogP contribution in [0.25, 0.3) is 10.9 Å². The van der Waals surface area contributed by atoms with Crippen LogP contribution in [0.3, 0.4) is 0 Å². The van der Waals surface area contributed by atoms with Crippen LogP contribution in [0.2, 0.25) is 0 Å². The summed E-state index contributed by atoms with van der Waals surface area (Å²) in [5, 5.41) is 0.862. The molecular formula is C22H27N3O3S+2. The van der Waals surface area contributed by atoms with Gasteiger partial charge in [0, 0.05) is 6.07 Å². The number of rotatable bonds is 5. The molecule has 0 spiro atoms. The Morgan fingerprint density at radius 2 is 1.83 bits per heavy atom. The SMILES string of the molecule is CC[NH+]1CCN(c2c(S(=O)(=O)c3ccccc3)c[nH+]c3ccc(OC)cc23)CC1. The summed E-state index contributed by atoms with van der Waals surface area (Å²) in [6.07, 6.45) is 1.63. The summed E-state index contributed by atoms with van der Waals surface area (Å²) in [6.45, 7) is 6.89. The predicted octanol–water partition coefficient (Wildman–Crippen LogP) is 1.22. The quantitative estimate of drug-likeness (QED) is 0.683. The Hall–Kier alpha value is -2.64. The topological polar surface area (TPSA) is 65.2 Å². The normalized spacial score (nSPS) is 15.6. The predicted molar refractivity (Wildman–Crippen MR) is 112 cm³/mol. The summed E-state index contributed by atoms with van der Waals surface area (Å²) in [5.74, 6) is 0.708. The maximum Gasteiger partial charge on any atom is 0.214 e. The molecule has 0 amide bonds. The maximum absolute atomic E-state index is 13.5. The van der Waals surface area contributed by atoms with Crippen molar-refractivity contribution in [3.63, 3.8) is 0 Å². The molecule has 0 unspecified atom stereocenters. The number of sulfone groups is 1. The minimum absolute atomic E-state index is 0.301. The van der Waals surface area contributed by atoms with E-state index >= 15 is 0 Å². The lowest BCUT2D eigenvalue weighted by atomic mass is 10.1. The van der Waals surface area contributed by atoms with Crippen molar-refractivity contribution in [1.82, 2.24) is 0 Å². The Labute approximate surface area is 171 Å². The Bertz CT molecular complexity index is 1110. The number of quaternary nitrogens is 1. The van der Waals surface area contributed by atoms with Gasteiger partial charge in [-0.15, -0.1) is 0 Å². The van der Waals surface area contributed by atoms with Gasteiger partial charge in [-0.2, -0.15) is 0 Å². The number of piperazine rings is 1. The minimum Gasteiger partial charge on any atom is -0.497 e. The van der Waals surface area contributed by atoms with Crippen LogP contribution in [0.4, 0.5) is 5.69 Å². The second kappa shape index (κ2) is 8.00. The molecule has 3 aromatic rings. The summed E-state index contributed by atoms with van der Waals surface area (Å²) in [7, 11) is -2.05. The molecule has 2 aromatic carbocycles. The van der Waals surface area contributed by atoms with Crippen LogP contribution in [-0.2, 0) is 9.84 Å². The van der Waals surface area contributed by atoms with E-state index in [0.717, 1.165) is 49.3 Å². The van der Waals surface area contributed by atoms with Crippen LogP contribution in [0.15, 0.2) is 64.5 Å². The molecule has 6 nitrogen and oxygen atoms in total. The summed E-state index contributed by atoms with van der Waals surface area (Å²) in [5.41, 5.74) is 1.65. The van der Waals surface area contributed by atoms with Crippen molar-refractivity contribution < 1.29 is 23.0 Å². The molecule has 1 aliphatic rings. The first-order valence-electron chi connectivity index (χ1n) is 9.95. The van der Waals surface area contributed by atoms with E-state index in [4.69, 9.17) is 4.74 Å². The fraction of sp³-hybridized carbons (Fsp3) is 0.318. The molecule has 4 rings (SSSR count). The van der Waals surface area contributed by atoms with Gasteiger partial charge >= 0.3 is 0 Å². The van der Waals surface area contributed by atoms with E-state index in [1.165, 1.54) is 4.90 Å². The monoisotopic (exact) mass is 413 g/mol. The lowest BCUT2D eigenvalue weighted by Crippen LogP contribution is -3.14. The number of hydrogen-bond acceptors (Lipinski definition) is 4. The van der Waals surface area contributed by atoms with E-state index in [2.05, 4.69) is 16.8 Å². The molecule has 7 heteroatoms. The molecule has 2 heterocycles. The molecule has 0 radical (unpaired) electrons. The van der Waals surface area contributed by atoms with Gasteiger partial charge in [0.25, 0.3) is 0 Å². The van der Waals surface area contributed by atoms with Crippen LogP contribution in [0.5, 0.6) is 5.75 Å². The van der Waals surface area contributed by atoms with Crippen molar-refractivity contribution in [2.45, 2.75) is 16.7 Å². The van der Waals surface area contributed by atoms with E-state index in [9.17, 15) is 8.42 Å². The first kappa shape index (κ1) is 19.7. The molecule has 1 fully saturated rings. The highest BCUT2D eigenvalue weighted by Gasteiger charge is 2.31. The number of aromatic amines is 1. The Kier molecular flexibility index (Phi) is 5.43. The first-order valence-corrected chi connectivity index (χ1v) is 11.4. The molecule has 0 atom stereocenters. The second-order valence-corrected chi connectivity index (χ2v) is 9.24. The third kappa shape index (κ3) is 3.68. The third-order valence-electron chi connectivity index (χ3n) is 5.70. The van der Waals surface area contributed by atoms with E-state index in [-0.39, 0.29) is 0 Å². The van der Waals surface area contributed by atoms with Gasteiger partial charge in [-0.1, -0.05) is 18.2 Å². The van der Waals surface area contributed by atoms with Crippen LogP contribution in [0.1, 0.15) is 6.92 Å². The number of nitrogens with zero attached hydrogens (tertiary/aromatic N) is 1. The molecule has 2 N–H and O–H groups in total. The van der Waals surface area contributed by atoms with Crippen molar-refractivity contribution >= 4 is 26.4 Å². The highest BCUT2D eigenvalue weighted by Crippen LogP contribution is 2.36. The number of hydrogen-bond donors (Lipinski definition) is 1. The number of likely N-dealkylation sites (N-methyl/N-ethyl adjacent to an activating group) is 1. The van der Waals surface area contributed by atoms with Crippen LogP contribution >= 0.6 is 0 Å². The smallest absolute Gasteiger partial charge is 0.214 e. The van der Waals surface area contributed by atoms with Gasteiger partial charge in [-0.25, -0.2) is 13.4 Å². The Morgan fingerprint density at radius 3 is 2.48 bits per heavy atom. The Morgan fingerprint density at radius 1 is 1.10 bits per heavy atom. The van der Waals surface area contributed by atoms with Crippen LogP contribution in [-0.4, -0.2) is 48.3 Å². The zero-order valence-corrected chi connectivity index (χ0v) is 17.6. The number of ether oxygens (including phenoxy) is 1. The van der Waals surface area contributed by atoms with Crippen molar-refractivity contribution in [1.29, 1.82) is 0 Å². The van der Waals surface area contributed by atoms with E-state index in [1.54, 1.807) is 37.6 Å². The lowest BCUT2D eigenvalue weighted by molar-refractivity contribution is -0.898. The van der Waals surface area contributed by atoms with Gasteiger partial charge in [-0.3, -0.25) is 0 Å². The molecule has 0 saturated carbocycles. The fourth-order valence-electron chi connectivity index (χ4n) is 3.97. The van der Waals surface area contributed by atoms with E-state index in [0.29, 0.717) is 15.5 Å². The average Bonchev–Trinajstić information content (AvgIpc) is 2.78. The fourth-order valence-corrected chi connectivity index (χ4v) is 5.45. The largest absolute Gasteiger partial charge is 0.497 e. The number of benzene rings is 2. The zero-order valence-electron chi connectivity index (χ0n) is 16.8. The molecule has 1 aromatic heterocycles. The highest BCUT2D eigenvalue weighted by atomic mass is 32.2. The van der Waals surface area contributed by atoms with Crippen LogP contribution < -0.4 is 19.5 Å². The van der Waals surface area contributed by atoms with Gasteiger partial charge in [0.2, 0.25) is 15.4 Å².